The first-order chi connectivity index (χ1) is 5.74. The first kappa shape index (κ1) is 11.1. The molecule has 0 rings (SSSR count). The zero-order chi connectivity index (χ0) is 9.40. The minimum atomic E-state index is -0.615. The van der Waals surface area contributed by atoms with Gasteiger partial charge in [-0.2, -0.15) is 0 Å². The Morgan fingerprint density at radius 1 is 1.75 bits per heavy atom. The van der Waals surface area contributed by atoms with Crippen LogP contribution in [0.5, 0.6) is 0 Å². The summed E-state index contributed by atoms with van der Waals surface area (Å²) in [5.41, 5.74) is 5.29. The lowest BCUT2D eigenvalue weighted by atomic mass is 10.2. The molecular weight excluding hydrogens is 158 g/mol. The second-order valence-corrected chi connectivity index (χ2v) is 2.37. The van der Waals surface area contributed by atoms with Crippen LogP contribution in [0.4, 0.5) is 0 Å². The lowest BCUT2D eigenvalue weighted by molar-refractivity contribution is -0.152. The summed E-state index contributed by atoms with van der Waals surface area (Å²) in [5, 5.41) is 8.39. The molecule has 0 bridgehead atoms. The molecule has 0 heterocycles. The number of carbonyl (C=O) groups excluding carboxylic acids is 1. The summed E-state index contributed by atoms with van der Waals surface area (Å²) in [7, 11) is 0. The normalized spacial score (nSPS) is 12.2. The average molecular weight is 173 g/mol. The number of aliphatic hydroxyl groups excluding tert-OH is 1. The molecule has 0 radical (unpaired) electrons. The van der Waals surface area contributed by atoms with Gasteiger partial charge in [-0.25, -0.2) is 4.79 Å². The van der Waals surface area contributed by atoms with Crippen molar-refractivity contribution in [3.63, 3.8) is 0 Å². The van der Waals surface area contributed by atoms with Gasteiger partial charge in [-0.15, -0.1) is 6.58 Å². The van der Waals surface area contributed by atoms with Crippen molar-refractivity contribution in [2.24, 2.45) is 5.73 Å². The van der Waals surface area contributed by atoms with Crippen molar-refractivity contribution < 1.29 is 14.6 Å². The fourth-order valence-electron chi connectivity index (χ4n) is 0.820. The highest BCUT2D eigenvalue weighted by Crippen LogP contribution is 2.03. The van der Waals surface area contributed by atoms with Gasteiger partial charge < -0.3 is 15.6 Å². The molecule has 0 spiro atoms. The third-order valence-corrected chi connectivity index (χ3v) is 1.35. The summed E-state index contributed by atoms with van der Waals surface area (Å²) in [6.45, 7) is 3.39. The van der Waals surface area contributed by atoms with E-state index in [-0.39, 0.29) is 6.10 Å². The fraction of sp³-hybridized carbons (Fsp3) is 0.625. The molecule has 0 saturated carbocycles. The molecule has 4 heteroatoms. The third kappa shape index (κ3) is 4.87. The minimum absolute atomic E-state index is 0.243. The van der Waals surface area contributed by atoms with Crippen LogP contribution in [0.2, 0.25) is 0 Å². The topological polar surface area (TPSA) is 72.5 Å². The zero-order valence-corrected chi connectivity index (χ0v) is 7.03. The van der Waals surface area contributed by atoms with Crippen LogP contribution in [0.25, 0.3) is 0 Å². The Labute approximate surface area is 72.0 Å². The summed E-state index contributed by atoms with van der Waals surface area (Å²) in [4.78, 5) is 10.6. The molecule has 0 aliphatic heterocycles. The highest BCUT2D eigenvalue weighted by atomic mass is 16.6. The molecule has 4 nitrogen and oxygen atoms in total. The van der Waals surface area contributed by atoms with Gasteiger partial charge in [-0.3, -0.25) is 0 Å². The molecule has 0 aliphatic rings. The van der Waals surface area contributed by atoms with Gasteiger partial charge in [0.15, 0.2) is 0 Å². The molecule has 0 saturated heterocycles. The first-order valence-electron chi connectivity index (χ1n) is 3.85. The van der Waals surface area contributed by atoms with Crippen LogP contribution in [0.1, 0.15) is 12.8 Å². The van der Waals surface area contributed by atoms with E-state index in [1.165, 1.54) is 0 Å². The standard InChI is InChI=1S/C8H15NO3/c1-2-3-7(4-5-9)12-8(11)6-10/h2,7,10H,1,3-6,9H2. The number of nitrogens with two attached hydrogens (primary N) is 1. The lowest BCUT2D eigenvalue weighted by Crippen LogP contribution is -2.22. The smallest absolute Gasteiger partial charge is 0.332 e. The van der Waals surface area contributed by atoms with Crippen LogP contribution in [-0.4, -0.2) is 30.3 Å². The van der Waals surface area contributed by atoms with Gasteiger partial charge in [-0.05, 0) is 13.0 Å². The largest absolute Gasteiger partial charge is 0.460 e. The zero-order valence-electron chi connectivity index (χ0n) is 7.03. The van der Waals surface area contributed by atoms with E-state index in [9.17, 15) is 4.79 Å². The summed E-state index contributed by atoms with van der Waals surface area (Å²) in [5.74, 6) is -0.615. The summed E-state index contributed by atoms with van der Waals surface area (Å²) < 4.78 is 4.84. The maximum absolute atomic E-state index is 10.6. The van der Waals surface area contributed by atoms with E-state index >= 15 is 0 Å². The monoisotopic (exact) mass is 173 g/mol. The van der Waals surface area contributed by atoms with E-state index in [0.717, 1.165) is 0 Å². The first-order valence-corrected chi connectivity index (χ1v) is 3.85. The molecule has 0 aliphatic carbocycles. The van der Waals surface area contributed by atoms with Gasteiger partial charge in [0, 0.05) is 6.42 Å². The Morgan fingerprint density at radius 3 is 2.83 bits per heavy atom. The van der Waals surface area contributed by atoms with E-state index < -0.39 is 12.6 Å². The van der Waals surface area contributed by atoms with Gasteiger partial charge in [0.1, 0.15) is 12.7 Å². The second-order valence-electron chi connectivity index (χ2n) is 2.37. The SMILES string of the molecule is C=CCC(CCN)OC(=O)CO. The quantitative estimate of drug-likeness (QED) is 0.431. The van der Waals surface area contributed by atoms with Crippen molar-refractivity contribution in [3.8, 4) is 0 Å². The van der Waals surface area contributed by atoms with Gasteiger partial charge in [0.2, 0.25) is 0 Å². The molecule has 0 amide bonds. The minimum Gasteiger partial charge on any atom is -0.460 e. The van der Waals surface area contributed by atoms with Crippen molar-refractivity contribution in [2.45, 2.75) is 18.9 Å². The van der Waals surface area contributed by atoms with Crippen LogP contribution in [0.3, 0.4) is 0 Å². The van der Waals surface area contributed by atoms with E-state index in [1.807, 2.05) is 0 Å². The van der Waals surface area contributed by atoms with Gasteiger partial charge >= 0.3 is 5.97 Å². The number of carbonyl (C=O) groups is 1. The predicted octanol–water partition coefficient (Wildman–Crippen LogP) is -0.185. The van der Waals surface area contributed by atoms with E-state index in [4.69, 9.17) is 15.6 Å². The Kier molecular flexibility index (Phi) is 6.32. The lowest BCUT2D eigenvalue weighted by Gasteiger charge is -2.14. The van der Waals surface area contributed by atoms with E-state index in [1.54, 1.807) is 6.08 Å². The molecule has 1 unspecified atom stereocenters. The molecule has 0 aromatic heterocycles. The van der Waals surface area contributed by atoms with Crippen molar-refractivity contribution in [1.82, 2.24) is 0 Å². The summed E-state index contributed by atoms with van der Waals surface area (Å²) in [6.07, 6.45) is 2.58. The van der Waals surface area contributed by atoms with Crippen LogP contribution in [0, 0.1) is 0 Å². The fourth-order valence-corrected chi connectivity index (χ4v) is 0.820. The number of esters is 1. The molecule has 0 aromatic carbocycles. The molecule has 0 aromatic rings. The van der Waals surface area contributed by atoms with Gasteiger partial charge in [-0.1, -0.05) is 6.08 Å². The molecule has 0 fully saturated rings. The molecular formula is C8H15NO3. The summed E-state index contributed by atoms with van der Waals surface area (Å²) in [6, 6.07) is 0. The Hall–Kier alpha value is -0.870. The molecule has 70 valence electrons. The second kappa shape index (κ2) is 6.82. The Bertz CT molecular complexity index is 147. The Balaban J connectivity index is 3.76. The highest BCUT2D eigenvalue weighted by Gasteiger charge is 2.10. The van der Waals surface area contributed by atoms with Crippen LogP contribution in [-0.2, 0) is 9.53 Å². The third-order valence-electron chi connectivity index (χ3n) is 1.35. The average Bonchev–Trinajstić information content (AvgIpc) is 2.05. The highest BCUT2D eigenvalue weighted by molar-refractivity contribution is 5.70. The number of hydrogen-bond acceptors (Lipinski definition) is 4. The van der Waals surface area contributed by atoms with Crippen molar-refractivity contribution >= 4 is 5.97 Å². The van der Waals surface area contributed by atoms with Crippen molar-refractivity contribution in [1.29, 1.82) is 0 Å². The van der Waals surface area contributed by atoms with Crippen LogP contribution in [0.15, 0.2) is 12.7 Å². The maximum Gasteiger partial charge on any atom is 0.332 e. The maximum atomic E-state index is 10.6. The number of hydrogen-bond donors (Lipinski definition) is 2. The summed E-state index contributed by atoms with van der Waals surface area (Å²) >= 11 is 0. The molecule has 1 atom stereocenters. The van der Waals surface area contributed by atoms with Crippen molar-refractivity contribution in [3.05, 3.63) is 12.7 Å². The number of ether oxygens (including phenoxy) is 1. The molecule has 3 N–H and O–H groups in total. The van der Waals surface area contributed by atoms with Crippen LogP contribution >= 0.6 is 0 Å². The predicted molar refractivity (Wildman–Crippen MR) is 45.5 cm³/mol. The Morgan fingerprint density at radius 2 is 2.42 bits per heavy atom. The number of rotatable bonds is 6. The van der Waals surface area contributed by atoms with E-state index in [2.05, 4.69) is 6.58 Å². The van der Waals surface area contributed by atoms with Crippen molar-refractivity contribution in [2.75, 3.05) is 13.2 Å². The number of aliphatic hydroxyl groups is 1. The molecule has 12 heavy (non-hydrogen) atoms. The van der Waals surface area contributed by atoms with Crippen LogP contribution < -0.4 is 5.73 Å². The van der Waals surface area contributed by atoms with E-state index in [0.29, 0.717) is 19.4 Å². The van der Waals surface area contributed by atoms with Gasteiger partial charge in [0.05, 0.1) is 0 Å². The van der Waals surface area contributed by atoms with Gasteiger partial charge in [0.25, 0.3) is 0 Å².